The van der Waals surface area contributed by atoms with E-state index in [4.69, 9.17) is 0 Å². The van der Waals surface area contributed by atoms with Gasteiger partial charge in [0.1, 0.15) is 0 Å². The summed E-state index contributed by atoms with van der Waals surface area (Å²) in [5.74, 6) is -0.132. The molecule has 1 unspecified atom stereocenters. The summed E-state index contributed by atoms with van der Waals surface area (Å²) in [6.45, 7) is 4.28. The van der Waals surface area contributed by atoms with Gasteiger partial charge in [0.15, 0.2) is 0 Å². The van der Waals surface area contributed by atoms with Crippen molar-refractivity contribution in [2.75, 3.05) is 17.2 Å². The van der Waals surface area contributed by atoms with E-state index < -0.39 is 0 Å². The van der Waals surface area contributed by atoms with Crippen molar-refractivity contribution in [3.05, 3.63) is 23.8 Å². The predicted octanol–water partition coefficient (Wildman–Crippen LogP) is 2.46. The number of amides is 2. The number of piperidine rings is 1. The molecule has 1 saturated heterocycles. The zero-order chi connectivity index (χ0) is 14.5. The molecule has 1 atom stereocenters. The van der Waals surface area contributed by atoms with Crippen LogP contribution in [0, 0.1) is 6.92 Å². The van der Waals surface area contributed by atoms with Crippen molar-refractivity contribution in [3.63, 3.8) is 0 Å². The first-order valence-corrected chi connectivity index (χ1v) is 6.99. The lowest BCUT2D eigenvalue weighted by Crippen LogP contribution is -2.43. The number of carbonyl (C=O) groups is 2. The Labute approximate surface area is 131 Å². The van der Waals surface area contributed by atoms with Gasteiger partial charge in [0.2, 0.25) is 11.8 Å². The molecule has 0 aliphatic carbocycles. The Balaban J connectivity index is 0.00000220. The molecule has 5 nitrogen and oxygen atoms in total. The summed E-state index contributed by atoms with van der Waals surface area (Å²) in [5.41, 5.74) is 2.40. The first kappa shape index (κ1) is 17.5. The van der Waals surface area contributed by atoms with E-state index in [0.29, 0.717) is 5.69 Å². The molecule has 1 aromatic carbocycles. The summed E-state index contributed by atoms with van der Waals surface area (Å²) in [4.78, 5) is 23.3. The minimum Gasteiger partial charge on any atom is -0.326 e. The Hall–Kier alpha value is -1.59. The fraction of sp³-hybridized carbons (Fsp3) is 0.467. The molecule has 1 fully saturated rings. The maximum absolute atomic E-state index is 12.1. The van der Waals surface area contributed by atoms with Crippen LogP contribution in [0.5, 0.6) is 0 Å². The quantitative estimate of drug-likeness (QED) is 0.803. The van der Waals surface area contributed by atoms with Crippen molar-refractivity contribution in [1.82, 2.24) is 5.32 Å². The molecule has 0 bridgehead atoms. The Kier molecular flexibility index (Phi) is 6.65. The number of aryl methyl sites for hydroxylation is 1. The van der Waals surface area contributed by atoms with E-state index in [2.05, 4.69) is 16.0 Å². The van der Waals surface area contributed by atoms with Gasteiger partial charge in [0.05, 0.1) is 6.04 Å². The monoisotopic (exact) mass is 311 g/mol. The molecule has 1 aliphatic heterocycles. The largest absolute Gasteiger partial charge is 0.326 e. The zero-order valence-corrected chi connectivity index (χ0v) is 13.2. The summed E-state index contributed by atoms with van der Waals surface area (Å²) in [5, 5.41) is 8.88. The van der Waals surface area contributed by atoms with E-state index >= 15 is 0 Å². The molecule has 1 heterocycles. The van der Waals surface area contributed by atoms with E-state index in [9.17, 15) is 9.59 Å². The number of benzene rings is 1. The second kappa shape index (κ2) is 8.00. The second-order valence-electron chi connectivity index (χ2n) is 5.20. The number of hydrogen-bond acceptors (Lipinski definition) is 3. The van der Waals surface area contributed by atoms with Gasteiger partial charge in [0.25, 0.3) is 0 Å². The van der Waals surface area contributed by atoms with Gasteiger partial charge in [-0.2, -0.15) is 0 Å². The molecule has 2 rings (SSSR count). The van der Waals surface area contributed by atoms with Crippen molar-refractivity contribution in [1.29, 1.82) is 0 Å². The summed E-state index contributed by atoms with van der Waals surface area (Å²) in [7, 11) is 0. The number of anilines is 2. The minimum absolute atomic E-state index is 0. The molecule has 2 amide bonds. The second-order valence-corrected chi connectivity index (χ2v) is 5.20. The highest BCUT2D eigenvalue weighted by Crippen LogP contribution is 2.21. The average molecular weight is 312 g/mol. The smallest absolute Gasteiger partial charge is 0.241 e. The lowest BCUT2D eigenvalue weighted by molar-refractivity contribution is -0.118. The third kappa shape index (κ3) is 5.02. The first-order chi connectivity index (χ1) is 9.56. The lowest BCUT2D eigenvalue weighted by atomic mass is 10.0. The Morgan fingerprint density at radius 3 is 2.62 bits per heavy atom. The highest BCUT2D eigenvalue weighted by atomic mass is 35.5. The van der Waals surface area contributed by atoms with Gasteiger partial charge < -0.3 is 16.0 Å². The van der Waals surface area contributed by atoms with Crippen molar-refractivity contribution < 1.29 is 9.59 Å². The predicted molar refractivity (Wildman–Crippen MR) is 87.0 cm³/mol. The maximum Gasteiger partial charge on any atom is 0.241 e. The molecule has 3 N–H and O–H groups in total. The summed E-state index contributed by atoms with van der Waals surface area (Å²) in [6, 6.07) is 5.41. The average Bonchev–Trinajstić information content (AvgIpc) is 2.43. The van der Waals surface area contributed by atoms with Crippen molar-refractivity contribution >= 4 is 35.6 Å². The van der Waals surface area contributed by atoms with E-state index in [1.165, 1.54) is 6.92 Å². The molecule has 0 radical (unpaired) electrons. The fourth-order valence-electron chi connectivity index (χ4n) is 2.33. The highest BCUT2D eigenvalue weighted by molar-refractivity contribution is 5.96. The summed E-state index contributed by atoms with van der Waals surface area (Å²) >= 11 is 0. The van der Waals surface area contributed by atoms with E-state index in [0.717, 1.165) is 37.1 Å². The highest BCUT2D eigenvalue weighted by Gasteiger charge is 2.20. The van der Waals surface area contributed by atoms with Crippen LogP contribution >= 0.6 is 12.4 Å². The van der Waals surface area contributed by atoms with Crippen molar-refractivity contribution in [3.8, 4) is 0 Å². The Morgan fingerprint density at radius 2 is 2.00 bits per heavy atom. The molecule has 6 heteroatoms. The number of nitrogens with one attached hydrogen (secondary N) is 3. The molecule has 21 heavy (non-hydrogen) atoms. The topological polar surface area (TPSA) is 70.2 Å². The van der Waals surface area contributed by atoms with Crippen LogP contribution < -0.4 is 16.0 Å². The molecule has 0 spiro atoms. The standard InChI is InChI=1S/C15H21N3O2.ClH/c1-10-6-7-12(9-14(10)17-11(2)19)18-15(20)13-5-3-4-8-16-13;/h6-7,9,13,16H,3-5,8H2,1-2H3,(H,17,19)(H,18,20);1H. The van der Waals surface area contributed by atoms with E-state index in [1.807, 2.05) is 19.1 Å². The molecular weight excluding hydrogens is 290 g/mol. The van der Waals surface area contributed by atoms with Crippen molar-refractivity contribution in [2.45, 2.75) is 39.2 Å². The SMILES string of the molecule is CC(=O)Nc1cc(NC(=O)C2CCCCN2)ccc1C.Cl. The van der Waals surface area contributed by atoms with E-state index in [-0.39, 0.29) is 30.3 Å². The fourth-order valence-corrected chi connectivity index (χ4v) is 2.33. The van der Waals surface area contributed by atoms with Crippen molar-refractivity contribution in [2.24, 2.45) is 0 Å². The van der Waals surface area contributed by atoms with Crippen LogP contribution in [0.2, 0.25) is 0 Å². The number of halogens is 1. The number of hydrogen-bond donors (Lipinski definition) is 3. The molecule has 0 aromatic heterocycles. The van der Waals surface area contributed by atoms with Gasteiger partial charge in [-0.1, -0.05) is 12.5 Å². The van der Waals surface area contributed by atoms with Crippen LogP contribution in [0.15, 0.2) is 18.2 Å². The third-order valence-corrected chi connectivity index (χ3v) is 3.44. The van der Waals surface area contributed by atoms with Crippen LogP contribution in [0.3, 0.4) is 0 Å². The van der Waals surface area contributed by atoms with Crippen LogP contribution in [0.4, 0.5) is 11.4 Å². The minimum atomic E-state index is -0.120. The van der Waals surface area contributed by atoms with Gasteiger partial charge in [-0.15, -0.1) is 12.4 Å². The lowest BCUT2D eigenvalue weighted by Gasteiger charge is -2.22. The zero-order valence-electron chi connectivity index (χ0n) is 12.4. The van der Waals surface area contributed by atoms with Gasteiger partial charge in [0, 0.05) is 18.3 Å². The van der Waals surface area contributed by atoms with Gasteiger partial charge in [-0.05, 0) is 44.0 Å². The van der Waals surface area contributed by atoms with Crippen LogP contribution in [0.25, 0.3) is 0 Å². The molecular formula is C15H22ClN3O2. The molecule has 116 valence electrons. The Morgan fingerprint density at radius 1 is 1.24 bits per heavy atom. The maximum atomic E-state index is 12.1. The van der Waals surface area contributed by atoms with Crippen LogP contribution in [-0.2, 0) is 9.59 Å². The summed E-state index contributed by atoms with van der Waals surface area (Å²) < 4.78 is 0. The van der Waals surface area contributed by atoms with Gasteiger partial charge in [-0.25, -0.2) is 0 Å². The number of rotatable bonds is 3. The molecule has 1 aromatic rings. The summed E-state index contributed by atoms with van der Waals surface area (Å²) in [6.07, 6.45) is 3.08. The van der Waals surface area contributed by atoms with Gasteiger partial charge >= 0.3 is 0 Å². The molecule has 0 saturated carbocycles. The van der Waals surface area contributed by atoms with E-state index in [1.54, 1.807) is 6.07 Å². The molecule has 1 aliphatic rings. The third-order valence-electron chi connectivity index (χ3n) is 3.44. The normalized spacial score (nSPS) is 17.5. The van der Waals surface area contributed by atoms with Gasteiger partial charge in [-0.3, -0.25) is 9.59 Å². The number of carbonyl (C=O) groups excluding carboxylic acids is 2. The first-order valence-electron chi connectivity index (χ1n) is 6.99. The van der Waals surface area contributed by atoms with Crippen LogP contribution in [0.1, 0.15) is 31.7 Å². The Bertz CT molecular complexity index is 514. The van der Waals surface area contributed by atoms with Crippen LogP contribution in [-0.4, -0.2) is 24.4 Å².